The molecule has 0 aromatic heterocycles. The molecule has 0 aliphatic carbocycles. The summed E-state index contributed by atoms with van der Waals surface area (Å²) < 4.78 is 0. The smallest absolute Gasteiger partial charge is 0.0586 e. The maximum atomic E-state index is 9.28. The van der Waals surface area contributed by atoms with Gasteiger partial charge in [-0.15, -0.1) is 0 Å². The number of rotatable bonds is 6. The molecule has 1 aliphatic rings. The SMILES string of the molecule is CCC(CC)(CN)CN1CCCC1CO. The topological polar surface area (TPSA) is 49.5 Å². The minimum absolute atomic E-state index is 0.262. The summed E-state index contributed by atoms with van der Waals surface area (Å²) in [4.78, 5) is 2.43. The standard InChI is InChI=1S/C12H26N2O/c1-3-12(4-2,9-13)10-14-7-5-6-11(14)8-15/h11,15H,3-10,13H2,1-2H3. The van der Waals surface area contributed by atoms with Gasteiger partial charge in [0.25, 0.3) is 0 Å². The molecule has 15 heavy (non-hydrogen) atoms. The van der Waals surface area contributed by atoms with Gasteiger partial charge in [-0.05, 0) is 44.2 Å². The van der Waals surface area contributed by atoms with Crippen LogP contribution in [0.3, 0.4) is 0 Å². The van der Waals surface area contributed by atoms with Gasteiger partial charge < -0.3 is 10.8 Å². The lowest BCUT2D eigenvalue weighted by atomic mass is 9.82. The zero-order chi connectivity index (χ0) is 11.3. The van der Waals surface area contributed by atoms with Gasteiger partial charge in [0.15, 0.2) is 0 Å². The van der Waals surface area contributed by atoms with Gasteiger partial charge in [-0.1, -0.05) is 13.8 Å². The molecule has 0 bridgehead atoms. The van der Waals surface area contributed by atoms with Gasteiger partial charge in [0, 0.05) is 12.6 Å². The lowest BCUT2D eigenvalue weighted by molar-refractivity contribution is 0.0991. The van der Waals surface area contributed by atoms with E-state index in [1.165, 1.54) is 6.42 Å². The number of hydrogen-bond donors (Lipinski definition) is 2. The lowest BCUT2D eigenvalue weighted by Gasteiger charge is -2.36. The highest BCUT2D eigenvalue weighted by atomic mass is 16.3. The third-order valence-electron chi connectivity index (χ3n) is 4.18. The van der Waals surface area contributed by atoms with Crippen molar-refractivity contribution in [3.63, 3.8) is 0 Å². The summed E-state index contributed by atoms with van der Waals surface area (Å²) in [6.45, 7) is 7.69. The molecule has 1 heterocycles. The first-order valence-electron chi connectivity index (χ1n) is 6.26. The van der Waals surface area contributed by atoms with Crippen LogP contribution in [-0.2, 0) is 0 Å². The van der Waals surface area contributed by atoms with Crippen LogP contribution in [0.15, 0.2) is 0 Å². The summed E-state index contributed by atoms with van der Waals surface area (Å²) in [5, 5.41) is 9.28. The van der Waals surface area contributed by atoms with Crippen molar-refractivity contribution < 1.29 is 5.11 Å². The third kappa shape index (κ3) is 2.92. The van der Waals surface area contributed by atoms with E-state index >= 15 is 0 Å². The Hall–Kier alpha value is -0.120. The molecule has 0 radical (unpaired) electrons. The Kier molecular flexibility index (Phi) is 5.03. The van der Waals surface area contributed by atoms with Gasteiger partial charge in [0.1, 0.15) is 0 Å². The fraction of sp³-hybridized carbons (Fsp3) is 1.00. The third-order valence-corrected chi connectivity index (χ3v) is 4.18. The Morgan fingerprint density at radius 2 is 2.07 bits per heavy atom. The molecular formula is C12H26N2O. The van der Waals surface area contributed by atoms with Crippen molar-refractivity contribution in [3.05, 3.63) is 0 Å². The largest absolute Gasteiger partial charge is 0.395 e. The summed E-state index contributed by atoms with van der Waals surface area (Å²) in [6.07, 6.45) is 4.63. The summed E-state index contributed by atoms with van der Waals surface area (Å²) in [6, 6.07) is 0.383. The summed E-state index contributed by atoms with van der Waals surface area (Å²) in [7, 11) is 0. The van der Waals surface area contributed by atoms with Gasteiger partial charge in [0.05, 0.1) is 6.61 Å². The molecule has 0 amide bonds. The van der Waals surface area contributed by atoms with Crippen LogP contribution in [0.25, 0.3) is 0 Å². The minimum Gasteiger partial charge on any atom is -0.395 e. The van der Waals surface area contributed by atoms with Crippen LogP contribution >= 0.6 is 0 Å². The van der Waals surface area contributed by atoms with Crippen molar-refractivity contribution in [1.29, 1.82) is 0 Å². The molecule has 3 heteroatoms. The molecule has 0 spiro atoms. The first kappa shape index (κ1) is 12.9. The fourth-order valence-electron chi connectivity index (χ4n) is 2.57. The van der Waals surface area contributed by atoms with Gasteiger partial charge in [-0.25, -0.2) is 0 Å². The van der Waals surface area contributed by atoms with Crippen LogP contribution in [0.1, 0.15) is 39.5 Å². The quantitative estimate of drug-likeness (QED) is 0.698. The number of likely N-dealkylation sites (tertiary alicyclic amines) is 1. The molecule has 0 aromatic carbocycles. The number of aliphatic hydroxyl groups excluding tert-OH is 1. The maximum absolute atomic E-state index is 9.28. The number of nitrogens with zero attached hydrogens (tertiary/aromatic N) is 1. The molecule has 1 saturated heterocycles. The van der Waals surface area contributed by atoms with Crippen molar-refractivity contribution in [2.75, 3.05) is 26.2 Å². The van der Waals surface area contributed by atoms with Gasteiger partial charge in [-0.3, -0.25) is 4.90 Å². The van der Waals surface area contributed by atoms with E-state index in [-0.39, 0.29) is 5.41 Å². The normalized spacial score (nSPS) is 23.6. The monoisotopic (exact) mass is 214 g/mol. The highest BCUT2D eigenvalue weighted by molar-refractivity contribution is 4.87. The Bertz CT molecular complexity index is 172. The van der Waals surface area contributed by atoms with Crippen LogP contribution in [0.4, 0.5) is 0 Å². The van der Waals surface area contributed by atoms with Crippen LogP contribution in [0.5, 0.6) is 0 Å². The van der Waals surface area contributed by atoms with Crippen molar-refractivity contribution in [3.8, 4) is 0 Å². The molecule has 1 rings (SSSR count). The van der Waals surface area contributed by atoms with Crippen molar-refractivity contribution in [2.24, 2.45) is 11.1 Å². The van der Waals surface area contributed by atoms with E-state index in [2.05, 4.69) is 18.7 Å². The summed E-state index contributed by atoms with van der Waals surface area (Å²) >= 11 is 0. The fourth-order valence-corrected chi connectivity index (χ4v) is 2.57. The minimum atomic E-state index is 0.262. The second-order valence-corrected chi connectivity index (χ2v) is 4.86. The number of hydrogen-bond acceptors (Lipinski definition) is 3. The van der Waals surface area contributed by atoms with Crippen molar-refractivity contribution >= 4 is 0 Å². The van der Waals surface area contributed by atoms with E-state index < -0.39 is 0 Å². The first-order valence-corrected chi connectivity index (χ1v) is 6.26. The second kappa shape index (κ2) is 5.83. The molecule has 1 atom stereocenters. The zero-order valence-electron chi connectivity index (χ0n) is 10.2. The molecular weight excluding hydrogens is 188 g/mol. The molecule has 0 saturated carbocycles. The molecule has 1 fully saturated rings. The Balaban J connectivity index is 2.57. The predicted octanol–water partition coefficient (Wildman–Crippen LogP) is 1.21. The van der Waals surface area contributed by atoms with Crippen LogP contribution in [0, 0.1) is 5.41 Å². The Morgan fingerprint density at radius 1 is 1.40 bits per heavy atom. The molecule has 3 nitrogen and oxygen atoms in total. The van der Waals surface area contributed by atoms with Crippen LogP contribution in [0.2, 0.25) is 0 Å². The van der Waals surface area contributed by atoms with Gasteiger partial charge >= 0.3 is 0 Å². The van der Waals surface area contributed by atoms with E-state index in [0.717, 1.165) is 38.9 Å². The molecule has 1 aliphatic heterocycles. The Labute approximate surface area is 93.6 Å². The average Bonchev–Trinajstić information content (AvgIpc) is 2.73. The Morgan fingerprint density at radius 3 is 2.53 bits per heavy atom. The van der Waals surface area contributed by atoms with E-state index in [9.17, 15) is 5.11 Å². The van der Waals surface area contributed by atoms with E-state index in [1.54, 1.807) is 0 Å². The summed E-state index contributed by atoms with van der Waals surface area (Å²) in [5.74, 6) is 0. The number of aliphatic hydroxyl groups is 1. The molecule has 3 N–H and O–H groups in total. The van der Waals surface area contributed by atoms with Crippen LogP contribution < -0.4 is 5.73 Å². The van der Waals surface area contributed by atoms with E-state index in [1.807, 2.05) is 0 Å². The van der Waals surface area contributed by atoms with Crippen molar-refractivity contribution in [2.45, 2.75) is 45.6 Å². The predicted molar refractivity (Wildman–Crippen MR) is 63.8 cm³/mol. The highest BCUT2D eigenvalue weighted by Gasteiger charge is 2.32. The second-order valence-electron chi connectivity index (χ2n) is 4.86. The first-order chi connectivity index (χ1) is 7.21. The molecule has 1 unspecified atom stereocenters. The molecule has 90 valence electrons. The lowest BCUT2D eigenvalue weighted by Crippen LogP contribution is -2.44. The maximum Gasteiger partial charge on any atom is 0.0586 e. The van der Waals surface area contributed by atoms with E-state index in [0.29, 0.717) is 12.6 Å². The zero-order valence-corrected chi connectivity index (χ0v) is 10.2. The van der Waals surface area contributed by atoms with Crippen molar-refractivity contribution in [1.82, 2.24) is 4.90 Å². The van der Waals surface area contributed by atoms with Gasteiger partial charge in [-0.2, -0.15) is 0 Å². The average molecular weight is 214 g/mol. The number of nitrogens with two attached hydrogens (primary N) is 1. The highest BCUT2D eigenvalue weighted by Crippen LogP contribution is 2.29. The van der Waals surface area contributed by atoms with Gasteiger partial charge in [0.2, 0.25) is 0 Å². The molecule has 0 aromatic rings. The van der Waals surface area contributed by atoms with E-state index in [4.69, 9.17) is 5.73 Å². The summed E-state index contributed by atoms with van der Waals surface area (Å²) in [5.41, 5.74) is 6.17. The van der Waals surface area contributed by atoms with Crippen LogP contribution in [-0.4, -0.2) is 42.3 Å².